The van der Waals surface area contributed by atoms with Gasteiger partial charge in [-0.3, -0.25) is 9.78 Å². The number of methoxy groups -OCH3 is 1. The van der Waals surface area contributed by atoms with Crippen molar-refractivity contribution in [2.45, 2.75) is 31.1 Å². The second kappa shape index (κ2) is 7.13. The van der Waals surface area contributed by atoms with Crippen LogP contribution in [0.2, 0.25) is 0 Å². The van der Waals surface area contributed by atoms with Crippen molar-refractivity contribution in [2.75, 3.05) is 12.4 Å². The zero-order chi connectivity index (χ0) is 19.9. The number of carbonyl (C=O) groups is 1. The molecule has 0 spiro atoms. The lowest BCUT2D eigenvalue weighted by molar-refractivity contribution is -0.105. The summed E-state index contributed by atoms with van der Waals surface area (Å²) in [4.78, 5) is 19.8. The molecular weight excluding hydrogens is 425 g/mol. The van der Waals surface area contributed by atoms with Crippen molar-refractivity contribution in [1.29, 1.82) is 0 Å². The maximum atomic E-state index is 14.0. The Morgan fingerprint density at radius 1 is 1.29 bits per heavy atom. The van der Waals surface area contributed by atoms with Crippen molar-refractivity contribution in [2.24, 2.45) is 0 Å². The van der Waals surface area contributed by atoms with E-state index < -0.39 is 0 Å². The van der Waals surface area contributed by atoms with E-state index >= 15 is 0 Å². The van der Waals surface area contributed by atoms with Gasteiger partial charge < -0.3 is 10.1 Å². The second-order valence-electron chi connectivity index (χ2n) is 7.39. The van der Waals surface area contributed by atoms with Crippen molar-refractivity contribution >= 4 is 38.9 Å². The molecule has 2 heterocycles. The van der Waals surface area contributed by atoms with Gasteiger partial charge in [0.15, 0.2) is 0 Å². The molecule has 5 nitrogen and oxygen atoms in total. The minimum Gasteiger partial charge on any atom is -0.481 e. The largest absolute Gasteiger partial charge is 0.481 e. The minimum atomic E-state index is -0.358. The third-order valence-corrected chi connectivity index (χ3v) is 6.17. The van der Waals surface area contributed by atoms with E-state index in [0.29, 0.717) is 33.9 Å². The Balaban J connectivity index is 1.74. The average Bonchev–Trinajstić information content (AvgIpc) is 2.67. The molecule has 0 unspecified atom stereocenters. The van der Waals surface area contributed by atoms with Gasteiger partial charge in [0.25, 0.3) is 0 Å². The summed E-state index contributed by atoms with van der Waals surface area (Å²) >= 11 is 3.27. The number of anilines is 1. The van der Waals surface area contributed by atoms with E-state index in [0.717, 1.165) is 29.4 Å². The van der Waals surface area contributed by atoms with Crippen LogP contribution in [0.25, 0.3) is 10.9 Å². The summed E-state index contributed by atoms with van der Waals surface area (Å²) in [6, 6.07) is 7.07. The first kappa shape index (κ1) is 18.8. The van der Waals surface area contributed by atoms with Crippen LogP contribution in [0.3, 0.4) is 0 Å². The highest BCUT2D eigenvalue weighted by Gasteiger charge is 2.44. The molecule has 0 radical (unpaired) electrons. The van der Waals surface area contributed by atoms with Crippen LogP contribution in [0.1, 0.15) is 36.8 Å². The SMILES string of the molecule is COc1ccc(C2CC(C)(c3c(NC=O)cnc4cc(F)c(Br)cc34)C2)cn1. The molecule has 1 aliphatic rings. The first-order valence-electron chi connectivity index (χ1n) is 8.93. The van der Waals surface area contributed by atoms with E-state index in [-0.39, 0.29) is 11.2 Å². The number of fused-ring (bicyclic) bond motifs is 1. The molecule has 1 aromatic carbocycles. The predicted octanol–water partition coefficient (Wildman–Crippen LogP) is 4.94. The van der Waals surface area contributed by atoms with E-state index in [1.807, 2.05) is 18.3 Å². The zero-order valence-corrected chi connectivity index (χ0v) is 17.1. The molecule has 144 valence electrons. The van der Waals surface area contributed by atoms with Crippen molar-refractivity contribution in [3.8, 4) is 5.88 Å². The monoisotopic (exact) mass is 443 g/mol. The fraction of sp³-hybridized carbons (Fsp3) is 0.286. The van der Waals surface area contributed by atoms with Crippen LogP contribution in [0, 0.1) is 5.82 Å². The smallest absolute Gasteiger partial charge is 0.212 e. The van der Waals surface area contributed by atoms with Gasteiger partial charge >= 0.3 is 0 Å². The summed E-state index contributed by atoms with van der Waals surface area (Å²) in [6.07, 6.45) is 5.89. The highest BCUT2D eigenvalue weighted by atomic mass is 79.9. The molecule has 1 fully saturated rings. The van der Waals surface area contributed by atoms with E-state index in [1.54, 1.807) is 19.4 Å². The Bertz CT molecular complexity index is 1050. The highest BCUT2D eigenvalue weighted by molar-refractivity contribution is 9.10. The normalized spacial score (nSPS) is 21.2. The Kier molecular flexibility index (Phi) is 4.79. The molecule has 7 heteroatoms. The maximum absolute atomic E-state index is 14.0. The van der Waals surface area contributed by atoms with Gasteiger partial charge in [0.2, 0.25) is 12.3 Å². The zero-order valence-electron chi connectivity index (χ0n) is 15.5. The number of aromatic nitrogens is 2. The Labute approximate surface area is 170 Å². The molecule has 1 amide bonds. The standard InChI is InChI=1S/C21H19BrFN3O2/c1-21(7-13(8-21)12-3-4-19(28-2)25-9-12)20-14-5-15(22)16(23)6-17(14)24-10-18(20)26-11-27/h3-6,9-11,13H,7-8H2,1-2H3,(H,26,27). The summed E-state index contributed by atoms with van der Waals surface area (Å²) in [7, 11) is 1.60. The molecule has 3 aromatic rings. The number of ether oxygens (including phenoxy) is 1. The molecule has 4 rings (SSSR count). The van der Waals surface area contributed by atoms with Crippen LogP contribution in [-0.4, -0.2) is 23.5 Å². The number of hydrogen-bond donors (Lipinski definition) is 1. The summed E-state index contributed by atoms with van der Waals surface area (Å²) in [6.45, 7) is 2.17. The van der Waals surface area contributed by atoms with Crippen molar-refractivity contribution in [3.05, 3.63) is 58.1 Å². The minimum absolute atomic E-state index is 0.172. The van der Waals surface area contributed by atoms with Crippen molar-refractivity contribution in [1.82, 2.24) is 9.97 Å². The van der Waals surface area contributed by atoms with Gasteiger partial charge in [-0.05, 0) is 57.3 Å². The van der Waals surface area contributed by atoms with E-state index in [4.69, 9.17) is 4.74 Å². The molecule has 1 aliphatic carbocycles. The third kappa shape index (κ3) is 3.13. The number of benzene rings is 1. The average molecular weight is 444 g/mol. The van der Waals surface area contributed by atoms with Gasteiger partial charge in [0.1, 0.15) is 5.82 Å². The van der Waals surface area contributed by atoms with E-state index in [1.165, 1.54) is 6.07 Å². The quantitative estimate of drug-likeness (QED) is 0.566. The summed E-state index contributed by atoms with van der Waals surface area (Å²) in [5, 5.41) is 3.61. The van der Waals surface area contributed by atoms with Crippen LogP contribution in [0.5, 0.6) is 5.88 Å². The lowest BCUT2D eigenvalue weighted by Crippen LogP contribution is -2.38. The lowest BCUT2D eigenvalue weighted by atomic mass is 9.57. The molecule has 0 bridgehead atoms. The Morgan fingerprint density at radius 2 is 2.07 bits per heavy atom. The van der Waals surface area contributed by atoms with Gasteiger partial charge in [-0.25, -0.2) is 9.37 Å². The number of carbonyl (C=O) groups excluding carboxylic acids is 1. The first-order valence-corrected chi connectivity index (χ1v) is 9.73. The van der Waals surface area contributed by atoms with E-state index in [9.17, 15) is 9.18 Å². The molecule has 0 atom stereocenters. The molecule has 0 saturated heterocycles. The van der Waals surface area contributed by atoms with Crippen LogP contribution < -0.4 is 10.1 Å². The Morgan fingerprint density at radius 3 is 2.71 bits per heavy atom. The van der Waals surface area contributed by atoms with Crippen LogP contribution in [0.15, 0.2) is 41.1 Å². The van der Waals surface area contributed by atoms with Crippen molar-refractivity contribution < 1.29 is 13.9 Å². The van der Waals surface area contributed by atoms with Gasteiger partial charge in [0, 0.05) is 23.7 Å². The van der Waals surface area contributed by atoms with Gasteiger partial charge in [-0.1, -0.05) is 13.0 Å². The molecule has 1 saturated carbocycles. The topological polar surface area (TPSA) is 64.1 Å². The first-order chi connectivity index (χ1) is 13.4. The van der Waals surface area contributed by atoms with Crippen molar-refractivity contribution in [3.63, 3.8) is 0 Å². The van der Waals surface area contributed by atoms with Gasteiger partial charge in [-0.15, -0.1) is 0 Å². The number of halogens is 2. The second-order valence-corrected chi connectivity index (χ2v) is 8.25. The maximum Gasteiger partial charge on any atom is 0.212 e. The summed E-state index contributed by atoms with van der Waals surface area (Å²) in [5.41, 5.74) is 3.21. The fourth-order valence-corrected chi connectivity index (χ4v) is 4.58. The summed E-state index contributed by atoms with van der Waals surface area (Å²) < 4.78 is 19.5. The molecule has 2 aromatic heterocycles. The lowest BCUT2D eigenvalue weighted by Gasteiger charge is -2.47. The summed E-state index contributed by atoms with van der Waals surface area (Å²) in [5.74, 6) is 0.595. The van der Waals surface area contributed by atoms with Crippen LogP contribution >= 0.6 is 15.9 Å². The number of hydrogen-bond acceptors (Lipinski definition) is 4. The number of nitrogens with zero attached hydrogens (tertiary/aromatic N) is 2. The molecular formula is C21H19BrFN3O2. The number of amides is 1. The van der Waals surface area contributed by atoms with Crippen LogP contribution in [0.4, 0.5) is 10.1 Å². The third-order valence-electron chi connectivity index (χ3n) is 5.56. The Hall–Kier alpha value is -2.54. The van der Waals surface area contributed by atoms with Gasteiger partial charge in [0.05, 0.1) is 29.0 Å². The molecule has 28 heavy (non-hydrogen) atoms. The van der Waals surface area contributed by atoms with E-state index in [2.05, 4.69) is 38.1 Å². The van der Waals surface area contributed by atoms with Gasteiger partial charge in [-0.2, -0.15) is 0 Å². The number of nitrogens with one attached hydrogen (secondary N) is 1. The predicted molar refractivity (Wildman–Crippen MR) is 109 cm³/mol. The number of pyridine rings is 2. The van der Waals surface area contributed by atoms with Crippen LogP contribution in [-0.2, 0) is 10.2 Å². The highest BCUT2D eigenvalue weighted by Crippen LogP contribution is 2.55. The number of rotatable bonds is 5. The molecule has 0 aliphatic heterocycles. The molecule has 1 N–H and O–H groups in total. The fourth-order valence-electron chi connectivity index (χ4n) is 4.23.